The Morgan fingerprint density at radius 3 is 2.83 bits per heavy atom. The van der Waals surface area contributed by atoms with Crippen LogP contribution in [0.4, 0.5) is 5.69 Å². The molecule has 0 amide bonds. The van der Waals surface area contributed by atoms with Crippen molar-refractivity contribution in [3.63, 3.8) is 0 Å². The van der Waals surface area contributed by atoms with Crippen LogP contribution in [0.25, 0.3) is 0 Å². The molecule has 2 heterocycles. The van der Waals surface area contributed by atoms with Crippen LogP contribution < -0.4 is 10.2 Å². The van der Waals surface area contributed by atoms with Crippen molar-refractivity contribution >= 4 is 5.69 Å². The maximum Gasteiger partial charge on any atom is 0.0562 e. The molecule has 1 N–H and O–H groups in total. The molecule has 1 aliphatic heterocycles. The summed E-state index contributed by atoms with van der Waals surface area (Å²) >= 11 is 0. The van der Waals surface area contributed by atoms with Gasteiger partial charge in [0.25, 0.3) is 0 Å². The summed E-state index contributed by atoms with van der Waals surface area (Å²) in [7, 11) is 1.96. The zero-order valence-corrected chi connectivity index (χ0v) is 11.7. The Labute approximate surface area is 111 Å². The maximum atomic E-state index is 4.38. The van der Waals surface area contributed by atoms with Crippen molar-refractivity contribution in [3.8, 4) is 0 Å². The summed E-state index contributed by atoms with van der Waals surface area (Å²) in [4.78, 5) is 6.89. The van der Waals surface area contributed by atoms with E-state index in [0.717, 1.165) is 18.2 Å². The lowest BCUT2D eigenvalue weighted by molar-refractivity contribution is 0.378. The van der Waals surface area contributed by atoms with Gasteiger partial charge in [0.15, 0.2) is 0 Å². The van der Waals surface area contributed by atoms with E-state index in [1.165, 1.54) is 44.5 Å². The van der Waals surface area contributed by atoms with Gasteiger partial charge in [0, 0.05) is 31.5 Å². The van der Waals surface area contributed by atoms with E-state index in [4.69, 9.17) is 0 Å². The molecule has 1 aromatic rings. The number of pyridine rings is 1. The van der Waals surface area contributed by atoms with Crippen LogP contribution >= 0.6 is 0 Å². The van der Waals surface area contributed by atoms with Crippen molar-refractivity contribution in [2.45, 2.75) is 39.2 Å². The van der Waals surface area contributed by atoms with Gasteiger partial charge in [-0.2, -0.15) is 0 Å². The fourth-order valence-electron chi connectivity index (χ4n) is 2.83. The van der Waals surface area contributed by atoms with Crippen LogP contribution in [-0.2, 0) is 6.54 Å². The molecule has 2 rings (SSSR count). The summed E-state index contributed by atoms with van der Waals surface area (Å²) in [6.07, 6.45) is 7.34. The second-order valence-electron chi connectivity index (χ2n) is 5.25. The van der Waals surface area contributed by atoms with Gasteiger partial charge in [-0.1, -0.05) is 19.8 Å². The van der Waals surface area contributed by atoms with Gasteiger partial charge in [-0.15, -0.1) is 0 Å². The van der Waals surface area contributed by atoms with Crippen LogP contribution in [0.1, 0.15) is 38.3 Å². The van der Waals surface area contributed by atoms with Crippen LogP contribution in [0.3, 0.4) is 0 Å². The van der Waals surface area contributed by atoms with E-state index in [1.54, 1.807) is 0 Å². The molecule has 3 heteroatoms. The van der Waals surface area contributed by atoms with E-state index in [1.807, 2.05) is 13.2 Å². The van der Waals surface area contributed by atoms with Gasteiger partial charge in [-0.05, 0) is 37.9 Å². The van der Waals surface area contributed by atoms with Crippen molar-refractivity contribution in [2.24, 2.45) is 5.92 Å². The SMILES string of the molecule is CCCC1CCN(c2ccnc(CNC)c2)CC1. The van der Waals surface area contributed by atoms with Gasteiger partial charge in [0.05, 0.1) is 5.69 Å². The Morgan fingerprint density at radius 1 is 1.39 bits per heavy atom. The average Bonchev–Trinajstić information content (AvgIpc) is 2.41. The Balaban J connectivity index is 1.94. The third kappa shape index (κ3) is 3.45. The molecule has 1 aliphatic rings. The first-order valence-corrected chi connectivity index (χ1v) is 7.18. The summed E-state index contributed by atoms with van der Waals surface area (Å²) in [5.74, 6) is 0.949. The van der Waals surface area contributed by atoms with E-state index in [-0.39, 0.29) is 0 Å². The average molecular weight is 247 g/mol. The van der Waals surface area contributed by atoms with Gasteiger partial charge in [-0.25, -0.2) is 0 Å². The van der Waals surface area contributed by atoms with Gasteiger partial charge in [0.2, 0.25) is 0 Å². The highest BCUT2D eigenvalue weighted by molar-refractivity contribution is 5.46. The van der Waals surface area contributed by atoms with Crippen molar-refractivity contribution in [1.29, 1.82) is 0 Å². The molecule has 18 heavy (non-hydrogen) atoms. The van der Waals surface area contributed by atoms with E-state index in [2.05, 4.69) is 34.3 Å². The minimum atomic E-state index is 0.847. The molecule has 1 saturated heterocycles. The summed E-state index contributed by atoms with van der Waals surface area (Å²) in [5, 5.41) is 3.16. The first kappa shape index (κ1) is 13.3. The number of rotatable bonds is 5. The zero-order valence-electron chi connectivity index (χ0n) is 11.7. The highest BCUT2D eigenvalue weighted by atomic mass is 15.1. The third-order valence-corrected chi connectivity index (χ3v) is 3.83. The first-order chi connectivity index (χ1) is 8.83. The molecule has 0 bridgehead atoms. The minimum Gasteiger partial charge on any atom is -0.371 e. The molecule has 0 atom stereocenters. The smallest absolute Gasteiger partial charge is 0.0562 e. The molecular weight excluding hydrogens is 222 g/mol. The van der Waals surface area contributed by atoms with Crippen LogP contribution in [0.2, 0.25) is 0 Å². The molecule has 0 saturated carbocycles. The van der Waals surface area contributed by atoms with Crippen LogP contribution in [0.15, 0.2) is 18.3 Å². The lowest BCUT2D eigenvalue weighted by Gasteiger charge is -2.33. The first-order valence-electron chi connectivity index (χ1n) is 7.18. The van der Waals surface area contributed by atoms with Crippen LogP contribution in [-0.4, -0.2) is 25.1 Å². The van der Waals surface area contributed by atoms with Gasteiger partial charge in [-0.3, -0.25) is 4.98 Å². The number of nitrogens with one attached hydrogen (secondary N) is 1. The lowest BCUT2D eigenvalue weighted by atomic mass is 9.92. The Bertz CT molecular complexity index is 357. The normalized spacial score (nSPS) is 17.1. The number of piperidine rings is 1. The Kier molecular flexibility index (Phi) is 5.00. The molecular formula is C15H25N3. The lowest BCUT2D eigenvalue weighted by Crippen LogP contribution is -2.33. The fraction of sp³-hybridized carbons (Fsp3) is 0.667. The fourth-order valence-corrected chi connectivity index (χ4v) is 2.83. The second kappa shape index (κ2) is 6.74. The van der Waals surface area contributed by atoms with Gasteiger partial charge < -0.3 is 10.2 Å². The molecule has 0 aliphatic carbocycles. The molecule has 0 aromatic carbocycles. The van der Waals surface area contributed by atoms with E-state index < -0.39 is 0 Å². The molecule has 0 spiro atoms. The number of aromatic nitrogens is 1. The van der Waals surface area contributed by atoms with Crippen molar-refractivity contribution < 1.29 is 0 Å². The van der Waals surface area contributed by atoms with Crippen LogP contribution in [0.5, 0.6) is 0 Å². The Morgan fingerprint density at radius 2 is 2.17 bits per heavy atom. The molecule has 100 valence electrons. The number of nitrogens with zero attached hydrogens (tertiary/aromatic N) is 2. The minimum absolute atomic E-state index is 0.847. The maximum absolute atomic E-state index is 4.38. The van der Waals surface area contributed by atoms with Crippen LogP contribution in [0, 0.1) is 5.92 Å². The highest BCUT2D eigenvalue weighted by Crippen LogP contribution is 2.25. The van der Waals surface area contributed by atoms with Crippen molar-refractivity contribution in [2.75, 3.05) is 25.0 Å². The molecule has 0 unspecified atom stereocenters. The quantitative estimate of drug-likeness (QED) is 0.867. The highest BCUT2D eigenvalue weighted by Gasteiger charge is 2.18. The van der Waals surface area contributed by atoms with Gasteiger partial charge in [0.1, 0.15) is 0 Å². The van der Waals surface area contributed by atoms with Gasteiger partial charge >= 0.3 is 0 Å². The largest absolute Gasteiger partial charge is 0.371 e. The molecule has 1 fully saturated rings. The third-order valence-electron chi connectivity index (χ3n) is 3.83. The zero-order chi connectivity index (χ0) is 12.8. The van der Waals surface area contributed by atoms with E-state index >= 15 is 0 Å². The summed E-state index contributed by atoms with van der Waals surface area (Å²) in [6, 6.07) is 4.36. The van der Waals surface area contributed by atoms with E-state index in [0.29, 0.717) is 0 Å². The van der Waals surface area contributed by atoms with Crippen molar-refractivity contribution in [3.05, 3.63) is 24.0 Å². The predicted molar refractivity (Wildman–Crippen MR) is 76.8 cm³/mol. The summed E-state index contributed by atoms with van der Waals surface area (Å²) in [6.45, 7) is 5.54. The second-order valence-corrected chi connectivity index (χ2v) is 5.25. The topological polar surface area (TPSA) is 28.2 Å². The molecule has 0 radical (unpaired) electrons. The summed E-state index contributed by atoms with van der Waals surface area (Å²) < 4.78 is 0. The van der Waals surface area contributed by atoms with Crippen molar-refractivity contribution in [1.82, 2.24) is 10.3 Å². The number of hydrogen-bond acceptors (Lipinski definition) is 3. The predicted octanol–water partition coefficient (Wildman–Crippen LogP) is 2.82. The Hall–Kier alpha value is -1.09. The molecule has 3 nitrogen and oxygen atoms in total. The molecule has 1 aromatic heterocycles. The summed E-state index contributed by atoms with van der Waals surface area (Å²) in [5.41, 5.74) is 2.47. The monoisotopic (exact) mass is 247 g/mol. The standard InChI is InChI=1S/C15H25N3/c1-3-4-13-6-9-18(10-7-13)15-5-8-17-14(11-15)12-16-2/h5,8,11,13,16H,3-4,6-7,9-10,12H2,1-2H3. The number of hydrogen-bond donors (Lipinski definition) is 1. The number of anilines is 1. The van der Waals surface area contributed by atoms with E-state index in [9.17, 15) is 0 Å².